The first-order valence-corrected chi connectivity index (χ1v) is 10.8. The monoisotopic (exact) mass is 462 g/mol. The first-order chi connectivity index (χ1) is 15.8. The van der Waals surface area contributed by atoms with E-state index >= 15 is 0 Å². The molecule has 0 saturated heterocycles. The molecule has 7 nitrogen and oxygen atoms in total. The van der Waals surface area contributed by atoms with Crippen LogP contribution in [-0.2, 0) is 17.9 Å². The highest BCUT2D eigenvalue weighted by Gasteiger charge is 2.20. The Bertz CT molecular complexity index is 1360. The van der Waals surface area contributed by atoms with E-state index < -0.39 is 0 Å². The molecule has 0 aliphatic carbocycles. The van der Waals surface area contributed by atoms with Crippen molar-refractivity contribution in [1.82, 2.24) is 20.0 Å². The van der Waals surface area contributed by atoms with Crippen LogP contribution in [0.2, 0.25) is 5.02 Å². The number of hydrogen-bond donors (Lipinski definition) is 1. The van der Waals surface area contributed by atoms with Gasteiger partial charge in [-0.05, 0) is 50.1 Å². The van der Waals surface area contributed by atoms with Gasteiger partial charge in [0.2, 0.25) is 11.7 Å². The number of benzene rings is 2. The van der Waals surface area contributed by atoms with Crippen molar-refractivity contribution in [3.8, 4) is 22.8 Å². The van der Waals surface area contributed by atoms with E-state index in [1.165, 1.54) is 4.57 Å². The number of carbonyl (C=O) groups is 1. The molecule has 0 radical (unpaired) electrons. The second kappa shape index (κ2) is 9.42. The molecule has 0 fully saturated rings. The van der Waals surface area contributed by atoms with Crippen LogP contribution in [0.4, 0.5) is 0 Å². The number of carbonyl (C=O) groups excluding carboxylic acids is 1. The van der Waals surface area contributed by atoms with E-state index in [2.05, 4.69) is 15.5 Å². The molecule has 0 aliphatic rings. The Balaban J connectivity index is 1.57. The zero-order valence-electron chi connectivity index (χ0n) is 18.6. The normalized spacial score (nSPS) is 10.9. The van der Waals surface area contributed by atoms with Gasteiger partial charge < -0.3 is 14.4 Å². The van der Waals surface area contributed by atoms with Gasteiger partial charge in [-0.25, -0.2) is 0 Å². The van der Waals surface area contributed by atoms with E-state index in [-0.39, 0.29) is 29.5 Å². The molecule has 0 saturated carbocycles. The van der Waals surface area contributed by atoms with Crippen molar-refractivity contribution in [3.05, 3.63) is 92.4 Å². The molecule has 0 aliphatic heterocycles. The molecule has 168 valence electrons. The van der Waals surface area contributed by atoms with Gasteiger partial charge in [-0.1, -0.05) is 58.7 Å². The van der Waals surface area contributed by atoms with Crippen LogP contribution in [0.25, 0.3) is 22.8 Å². The van der Waals surface area contributed by atoms with Crippen LogP contribution in [0.5, 0.6) is 0 Å². The Morgan fingerprint density at radius 1 is 1.06 bits per heavy atom. The minimum Gasteiger partial charge on any atom is -0.350 e. The first kappa shape index (κ1) is 22.5. The molecule has 0 atom stereocenters. The maximum Gasteiger partial charge on any atom is 0.264 e. The van der Waals surface area contributed by atoms with Gasteiger partial charge in [0, 0.05) is 22.8 Å². The lowest BCUT2D eigenvalue weighted by atomic mass is 10.1. The van der Waals surface area contributed by atoms with Crippen molar-refractivity contribution in [2.24, 2.45) is 0 Å². The molecule has 2 aromatic carbocycles. The fraction of sp³-hybridized carbons (Fsp3) is 0.200. The smallest absolute Gasteiger partial charge is 0.264 e. The number of aryl methyl sites for hydroxylation is 3. The summed E-state index contributed by atoms with van der Waals surface area (Å²) in [5.41, 5.74) is 4.13. The van der Waals surface area contributed by atoms with Crippen LogP contribution in [0.3, 0.4) is 0 Å². The van der Waals surface area contributed by atoms with Crippen molar-refractivity contribution in [2.45, 2.75) is 33.9 Å². The summed E-state index contributed by atoms with van der Waals surface area (Å²) < 4.78 is 6.84. The zero-order valence-corrected chi connectivity index (χ0v) is 19.3. The third kappa shape index (κ3) is 5.04. The summed E-state index contributed by atoms with van der Waals surface area (Å²) in [4.78, 5) is 30.3. The van der Waals surface area contributed by atoms with Crippen LogP contribution < -0.4 is 10.9 Å². The summed E-state index contributed by atoms with van der Waals surface area (Å²) in [7, 11) is 0. The average molecular weight is 463 g/mol. The standard InChI is InChI=1S/C25H23ClN4O3/c1-15-4-8-19(9-5-15)23-28-24(33-29-23)22-16(2)12-17(3)30(25(22)32)14-21(31)27-13-18-6-10-20(26)11-7-18/h4-12H,13-14H2,1-3H3,(H,27,31). The van der Waals surface area contributed by atoms with Gasteiger partial charge in [-0.2, -0.15) is 4.98 Å². The maximum atomic E-state index is 13.3. The molecule has 4 rings (SSSR count). The molecule has 33 heavy (non-hydrogen) atoms. The highest BCUT2D eigenvalue weighted by molar-refractivity contribution is 6.30. The summed E-state index contributed by atoms with van der Waals surface area (Å²) in [6.45, 7) is 5.81. The SMILES string of the molecule is Cc1ccc(-c2noc(-c3c(C)cc(C)n(CC(=O)NCc4ccc(Cl)cc4)c3=O)n2)cc1. The Labute approximate surface area is 196 Å². The van der Waals surface area contributed by atoms with Gasteiger partial charge in [0.05, 0.1) is 0 Å². The molecule has 1 N–H and O–H groups in total. The Morgan fingerprint density at radius 2 is 1.76 bits per heavy atom. The first-order valence-electron chi connectivity index (χ1n) is 10.4. The summed E-state index contributed by atoms with van der Waals surface area (Å²) >= 11 is 5.89. The van der Waals surface area contributed by atoms with Crippen LogP contribution >= 0.6 is 11.6 Å². The number of amides is 1. The average Bonchev–Trinajstić information content (AvgIpc) is 3.26. The molecule has 1 amide bonds. The lowest BCUT2D eigenvalue weighted by Gasteiger charge is -2.13. The predicted octanol–water partition coefficient (Wildman–Crippen LogP) is 4.46. The quantitative estimate of drug-likeness (QED) is 0.457. The molecule has 2 aromatic heterocycles. The molecular formula is C25H23ClN4O3. The van der Waals surface area contributed by atoms with E-state index in [9.17, 15) is 9.59 Å². The molecule has 0 unspecified atom stereocenters. The predicted molar refractivity (Wildman–Crippen MR) is 127 cm³/mol. The summed E-state index contributed by atoms with van der Waals surface area (Å²) in [6.07, 6.45) is 0. The number of hydrogen-bond acceptors (Lipinski definition) is 5. The minimum atomic E-state index is -0.353. The van der Waals surface area contributed by atoms with E-state index in [4.69, 9.17) is 16.1 Å². The number of nitrogens with zero attached hydrogens (tertiary/aromatic N) is 3. The Kier molecular flexibility index (Phi) is 6.42. The van der Waals surface area contributed by atoms with Crippen LogP contribution in [0, 0.1) is 20.8 Å². The van der Waals surface area contributed by atoms with Crippen molar-refractivity contribution in [3.63, 3.8) is 0 Å². The summed E-state index contributed by atoms with van der Waals surface area (Å²) in [6, 6.07) is 16.7. The molecule has 0 spiro atoms. The minimum absolute atomic E-state index is 0.121. The van der Waals surface area contributed by atoms with Crippen molar-refractivity contribution >= 4 is 17.5 Å². The highest BCUT2D eigenvalue weighted by Crippen LogP contribution is 2.23. The van der Waals surface area contributed by atoms with Gasteiger partial charge in [0.25, 0.3) is 11.4 Å². The Morgan fingerprint density at radius 3 is 2.45 bits per heavy atom. The lowest BCUT2D eigenvalue weighted by molar-refractivity contribution is -0.121. The van der Waals surface area contributed by atoms with E-state index in [0.717, 1.165) is 16.7 Å². The second-order valence-electron chi connectivity index (χ2n) is 7.93. The Hall–Kier alpha value is -3.71. The largest absolute Gasteiger partial charge is 0.350 e. The van der Waals surface area contributed by atoms with Gasteiger partial charge in [-0.3, -0.25) is 9.59 Å². The summed E-state index contributed by atoms with van der Waals surface area (Å²) in [5, 5.41) is 7.50. The van der Waals surface area contributed by atoms with Crippen molar-refractivity contribution < 1.29 is 9.32 Å². The summed E-state index contributed by atoms with van der Waals surface area (Å²) in [5.74, 6) is 0.246. The number of pyridine rings is 1. The fourth-order valence-corrected chi connectivity index (χ4v) is 3.66. The van der Waals surface area contributed by atoms with Gasteiger partial charge in [0.15, 0.2) is 0 Å². The third-order valence-electron chi connectivity index (χ3n) is 5.36. The van der Waals surface area contributed by atoms with Crippen LogP contribution in [0.1, 0.15) is 22.4 Å². The van der Waals surface area contributed by atoms with Gasteiger partial charge in [-0.15, -0.1) is 0 Å². The molecule has 8 heteroatoms. The van der Waals surface area contributed by atoms with E-state index in [1.54, 1.807) is 19.1 Å². The highest BCUT2D eigenvalue weighted by atomic mass is 35.5. The molecule has 2 heterocycles. The number of rotatable bonds is 6. The van der Waals surface area contributed by atoms with Crippen molar-refractivity contribution in [1.29, 1.82) is 0 Å². The maximum absolute atomic E-state index is 13.3. The fourth-order valence-electron chi connectivity index (χ4n) is 3.53. The molecular weight excluding hydrogens is 440 g/mol. The zero-order chi connectivity index (χ0) is 23.5. The second-order valence-corrected chi connectivity index (χ2v) is 8.36. The molecule has 0 bridgehead atoms. The van der Waals surface area contributed by atoms with E-state index in [0.29, 0.717) is 28.6 Å². The van der Waals surface area contributed by atoms with E-state index in [1.807, 2.05) is 56.3 Å². The van der Waals surface area contributed by atoms with Crippen LogP contribution in [0.15, 0.2) is 63.9 Å². The van der Waals surface area contributed by atoms with Crippen LogP contribution in [-0.4, -0.2) is 20.6 Å². The topological polar surface area (TPSA) is 90.0 Å². The lowest BCUT2D eigenvalue weighted by Crippen LogP contribution is -2.34. The third-order valence-corrected chi connectivity index (χ3v) is 5.61. The van der Waals surface area contributed by atoms with Crippen molar-refractivity contribution in [2.75, 3.05) is 0 Å². The van der Waals surface area contributed by atoms with Gasteiger partial charge in [0.1, 0.15) is 12.1 Å². The van der Waals surface area contributed by atoms with Gasteiger partial charge >= 0.3 is 0 Å². The molecule has 4 aromatic rings. The number of halogens is 1. The number of nitrogens with one attached hydrogen (secondary N) is 1. The number of aromatic nitrogens is 3.